The first-order valence-electron chi connectivity index (χ1n) is 5.13. The van der Waals surface area contributed by atoms with E-state index < -0.39 is 0 Å². The van der Waals surface area contributed by atoms with E-state index in [0.717, 1.165) is 36.6 Å². The highest BCUT2D eigenvalue weighted by molar-refractivity contribution is 6.31. The molecular formula is C10H18ClN3O. The zero-order valence-electron chi connectivity index (χ0n) is 9.29. The molecule has 0 unspecified atom stereocenters. The van der Waals surface area contributed by atoms with E-state index in [2.05, 4.69) is 10.4 Å². The summed E-state index contributed by atoms with van der Waals surface area (Å²) < 4.78 is 6.94. The van der Waals surface area contributed by atoms with E-state index in [1.807, 2.05) is 11.7 Å². The van der Waals surface area contributed by atoms with Gasteiger partial charge in [0.2, 0.25) is 0 Å². The molecule has 1 aromatic heterocycles. The number of nitrogens with zero attached hydrogens (tertiary/aromatic N) is 2. The maximum atomic E-state index is 6.06. The molecule has 0 aliphatic rings. The molecule has 0 aliphatic carbocycles. The molecule has 0 radical (unpaired) electrons. The average molecular weight is 232 g/mol. The van der Waals surface area contributed by atoms with E-state index in [1.165, 1.54) is 0 Å². The van der Waals surface area contributed by atoms with E-state index in [-0.39, 0.29) is 0 Å². The fourth-order valence-electron chi connectivity index (χ4n) is 1.44. The van der Waals surface area contributed by atoms with Crippen molar-refractivity contribution in [2.24, 2.45) is 0 Å². The van der Waals surface area contributed by atoms with Crippen molar-refractivity contribution >= 4 is 11.6 Å². The Morgan fingerprint density at radius 1 is 1.60 bits per heavy atom. The van der Waals surface area contributed by atoms with E-state index >= 15 is 0 Å². The number of ether oxygens (including phenoxy) is 1. The normalized spacial score (nSPS) is 10.9. The van der Waals surface area contributed by atoms with E-state index in [1.54, 1.807) is 13.3 Å². The standard InChI is InChI=1S/C10H18ClN3O/c1-12-5-3-4-10-9(11)8-13-14(10)6-7-15-2/h8,12H,3-7H2,1-2H3. The van der Waals surface area contributed by atoms with Crippen molar-refractivity contribution in [3.05, 3.63) is 16.9 Å². The summed E-state index contributed by atoms with van der Waals surface area (Å²) in [5.74, 6) is 0. The average Bonchev–Trinajstić information content (AvgIpc) is 2.58. The van der Waals surface area contributed by atoms with Gasteiger partial charge in [-0.1, -0.05) is 11.6 Å². The number of halogens is 1. The number of methoxy groups -OCH3 is 1. The summed E-state index contributed by atoms with van der Waals surface area (Å²) in [6, 6.07) is 0. The second-order valence-corrected chi connectivity index (χ2v) is 3.77. The summed E-state index contributed by atoms with van der Waals surface area (Å²) in [5.41, 5.74) is 1.10. The molecule has 1 heterocycles. The van der Waals surface area contributed by atoms with Crippen molar-refractivity contribution in [1.29, 1.82) is 0 Å². The van der Waals surface area contributed by atoms with Gasteiger partial charge in [0.15, 0.2) is 0 Å². The van der Waals surface area contributed by atoms with Gasteiger partial charge in [-0.05, 0) is 26.4 Å². The minimum atomic E-state index is 0.664. The van der Waals surface area contributed by atoms with Crippen LogP contribution in [-0.4, -0.2) is 37.1 Å². The van der Waals surface area contributed by atoms with Crippen LogP contribution in [0.2, 0.25) is 5.02 Å². The molecule has 0 saturated heterocycles. The maximum absolute atomic E-state index is 6.06. The van der Waals surface area contributed by atoms with Gasteiger partial charge in [0, 0.05) is 7.11 Å². The number of aromatic nitrogens is 2. The lowest BCUT2D eigenvalue weighted by Gasteiger charge is -2.07. The molecule has 1 rings (SSSR count). The topological polar surface area (TPSA) is 39.1 Å². The molecule has 0 atom stereocenters. The first-order valence-corrected chi connectivity index (χ1v) is 5.51. The quantitative estimate of drug-likeness (QED) is 0.720. The zero-order chi connectivity index (χ0) is 11.1. The van der Waals surface area contributed by atoms with Crippen molar-refractivity contribution in [2.75, 3.05) is 27.3 Å². The molecule has 0 spiro atoms. The zero-order valence-corrected chi connectivity index (χ0v) is 10.0. The summed E-state index contributed by atoms with van der Waals surface area (Å²) in [6.45, 7) is 2.42. The van der Waals surface area contributed by atoms with Crippen molar-refractivity contribution < 1.29 is 4.74 Å². The van der Waals surface area contributed by atoms with Crippen LogP contribution in [0.1, 0.15) is 12.1 Å². The second-order valence-electron chi connectivity index (χ2n) is 3.36. The Balaban J connectivity index is 2.54. The van der Waals surface area contributed by atoms with E-state index in [4.69, 9.17) is 16.3 Å². The van der Waals surface area contributed by atoms with Gasteiger partial charge in [-0.3, -0.25) is 4.68 Å². The van der Waals surface area contributed by atoms with Crippen molar-refractivity contribution in [3.8, 4) is 0 Å². The van der Waals surface area contributed by atoms with Crippen molar-refractivity contribution in [3.63, 3.8) is 0 Å². The predicted octanol–water partition coefficient (Wildman–Crippen LogP) is 1.33. The lowest BCUT2D eigenvalue weighted by molar-refractivity contribution is 0.182. The minimum absolute atomic E-state index is 0.664. The van der Waals surface area contributed by atoms with Gasteiger partial charge in [-0.25, -0.2) is 0 Å². The number of rotatable bonds is 7. The van der Waals surface area contributed by atoms with Gasteiger partial charge in [0.1, 0.15) is 0 Å². The van der Waals surface area contributed by atoms with Gasteiger partial charge < -0.3 is 10.1 Å². The Hall–Kier alpha value is -0.580. The molecule has 0 fully saturated rings. The lowest BCUT2D eigenvalue weighted by Crippen LogP contribution is -2.13. The predicted molar refractivity (Wildman–Crippen MR) is 61.4 cm³/mol. The summed E-state index contributed by atoms with van der Waals surface area (Å²) in [5, 5.41) is 8.08. The van der Waals surface area contributed by atoms with Crippen LogP contribution in [0.3, 0.4) is 0 Å². The molecule has 15 heavy (non-hydrogen) atoms. The Morgan fingerprint density at radius 2 is 2.40 bits per heavy atom. The number of hydrogen-bond donors (Lipinski definition) is 1. The SMILES string of the molecule is CNCCCc1c(Cl)cnn1CCOC. The number of nitrogens with one attached hydrogen (secondary N) is 1. The molecule has 1 aromatic rings. The van der Waals surface area contributed by atoms with Gasteiger partial charge in [-0.2, -0.15) is 5.10 Å². The lowest BCUT2D eigenvalue weighted by atomic mass is 10.2. The summed E-state index contributed by atoms with van der Waals surface area (Å²) in [6.07, 6.45) is 3.71. The van der Waals surface area contributed by atoms with Crippen LogP contribution in [0, 0.1) is 0 Å². The molecule has 5 heteroatoms. The minimum Gasteiger partial charge on any atom is -0.383 e. The smallest absolute Gasteiger partial charge is 0.0817 e. The Labute approximate surface area is 95.6 Å². The van der Waals surface area contributed by atoms with Crippen molar-refractivity contribution in [1.82, 2.24) is 15.1 Å². The molecule has 4 nitrogen and oxygen atoms in total. The van der Waals surface area contributed by atoms with Crippen LogP contribution in [0.15, 0.2) is 6.20 Å². The van der Waals surface area contributed by atoms with Crippen LogP contribution in [-0.2, 0) is 17.7 Å². The Bertz CT molecular complexity index is 288. The second kappa shape index (κ2) is 6.82. The Kier molecular flexibility index (Phi) is 5.68. The monoisotopic (exact) mass is 231 g/mol. The van der Waals surface area contributed by atoms with Crippen LogP contribution >= 0.6 is 11.6 Å². The van der Waals surface area contributed by atoms with Crippen molar-refractivity contribution in [2.45, 2.75) is 19.4 Å². The van der Waals surface area contributed by atoms with Gasteiger partial charge in [-0.15, -0.1) is 0 Å². The third kappa shape index (κ3) is 3.81. The van der Waals surface area contributed by atoms with Gasteiger partial charge >= 0.3 is 0 Å². The third-order valence-electron chi connectivity index (χ3n) is 2.25. The highest BCUT2D eigenvalue weighted by Gasteiger charge is 2.07. The third-order valence-corrected chi connectivity index (χ3v) is 2.56. The molecule has 86 valence electrons. The summed E-state index contributed by atoms with van der Waals surface area (Å²) >= 11 is 6.06. The molecule has 1 N–H and O–H groups in total. The molecule has 0 saturated carbocycles. The highest BCUT2D eigenvalue weighted by Crippen LogP contribution is 2.16. The molecule has 0 amide bonds. The first kappa shape index (κ1) is 12.5. The molecule has 0 aromatic carbocycles. The van der Waals surface area contributed by atoms with E-state index in [9.17, 15) is 0 Å². The van der Waals surface area contributed by atoms with E-state index in [0.29, 0.717) is 6.61 Å². The van der Waals surface area contributed by atoms with Crippen LogP contribution in [0.25, 0.3) is 0 Å². The molecular weight excluding hydrogens is 214 g/mol. The van der Waals surface area contributed by atoms with Crippen LogP contribution in [0.4, 0.5) is 0 Å². The summed E-state index contributed by atoms with van der Waals surface area (Å²) in [4.78, 5) is 0. The summed E-state index contributed by atoms with van der Waals surface area (Å²) in [7, 11) is 3.63. The van der Waals surface area contributed by atoms with Gasteiger partial charge in [0.25, 0.3) is 0 Å². The first-order chi connectivity index (χ1) is 7.29. The molecule has 0 aliphatic heterocycles. The largest absolute Gasteiger partial charge is 0.383 e. The fraction of sp³-hybridized carbons (Fsp3) is 0.700. The molecule has 0 bridgehead atoms. The highest BCUT2D eigenvalue weighted by atomic mass is 35.5. The Morgan fingerprint density at radius 3 is 3.07 bits per heavy atom. The van der Waals surface area contributed by atoms with Crippen LogP contribution < -0.4 is 5.32 Å². The van der Waals surface area contributed by atoms with Gasteiger partial charge in [0.05, 0.1) is 30.1 Å². The maximum Gasteiger partial charge on any atom is 0.0817 e. The fourth-order valence-corrected chi connectivity index (χ4v) is 1.68. The van der Waals surface area contributed by atoms with Crippen LogP contribution in [0.5, 0.6) is 0 Å². The number of hydrogen-bond acceptors (Lipinski definition) is 3.